The normalized spacial score (nSPS) is 18.1. The number of hydrogen-bond acceptors (Lipinski definition) is 3. The number of primary amides is 1. The Hall–Kier alpha value is -1.65. The highest BCUT2D eigenvalue weighted by molar-refractivity contribution is 5.75. The first kappa shape index (κ1) is 14.8. The van der Waals surface area contributed by atoms with Gasteiger partial charge >= 0.3 is 0 Å². The number of benzene rings is 1. The van der Waals surface area contributed by atoms with Crippen LogP contribution in [0, 0.1) is 0 Å². The van der Waals surface area contributed by atoms with Crippen LogP contribution in [0.3, 0.4) is 0 Å². The molecule has 0 bridgehead atoms. The first-order valence-electron chi connectivity index (χ1n) is 7.09. The van der Waals surface area contributed by atoms with Crippen LogP contribution in [0.25, 0.3) is 6.08 Å². The van der Waals surface area contributed by atoms with Gasteiger partial charge in [-0.15, -0.1) is 0 Å². The van der Waals surface area contributed by atoms with Crippen molar-refractivity contribution < 1.29 is 4.79 Å². The van der Waals surface area contributed by atoms with Crippen LogP contribution in [0.5, 0.6) is 0 Å². The molecule has 1 aliphatic heterocycles. The Morgan fingerprint density at radius 1 is 1.10 bits per heavy atom. The summed E-state index contributed by atoms with van der Waals surface area (Å²) in [7, 11) is 0. The van der Waals surface area contributed by atoms with Gasteiger partial charge in [-0.25, -0.2) is 0 Å². The lowest BCUT2D eigenvalue weighted by Crippen LogP contribution is -2.49. The summed E-state index contributed by atoms with van der Waals surface area (Å²) < 4.78 is 0. The van der Waals surface area contributed by atoms with Crippen molar-refractivity contribution in [3.63, 3.8) is 0 Å². The van der Waals surface area contributed by atoms with E-state index in [1.807, 2.05) is 6.07 Å². The van der Waals surface area contributed by atoms with Gasteiger partial charge in [-0.1, -0.05) is 42.0 Å². The molecule has 1 amide bonds. The maximum absolute atomic E-state index is 10.9. The quantitative estimate of drug-likeness (QED) is 0.877. The lowest BCUT2D eigenvalue weighted by Gasteiger charge is -2.34. The van der Waals surface area contributed by atoms with Crippen LogP contribution < -0.4 is 5.73 Å². The predicted molar refractivity (Wildman–Crippen MR) is 82.2 cm³/mol. The van der Waals surface area contributed by atoms with E-state index in [-0.39, 0.29) is 5.91 Å². The third-order valence-corrected chi connectivity index (χ3v) is 3.53. The van der Waals surface area contributed by atoms with Gasteiger partial charge in [-0.3, -0.25) is 14.6 Å². The molecular formula is C16H23N3O. The highest BCUT2D eigenvalue weighted by atomic mass is 16.1. The molecule has 1 aromatic rings. The molecule has 108 valence electrons. The second-order valence-electron chi connectivity index (χ2n) is 5.42. The van der Waals surface area contributed by atoms with Crippen molar-refractivity contribution in [2.45, 2.75) is 6.92 Å². The summed E-state index contributed by atoms with van der Waals surface area (Å²) in [4.78, 5) is 15.4. The van der Waals surface area contributed by atoms with E-state index in [1.54, 1.807) is 0 Å². The predicted octanol–water partition coefficient (Wildman–Crippen LogP) is 1.19. The molecule has 1 aromatic carbocycles. The van der Waals surface area contributed by atoms with Gasteiger partial charge in [0.1, 0.15) is 0 Å². The maximum Gasteiger partial charge on any atom is 0.231 e. The Labute approximate surface area is 120 Å². The van der Waals surface area contributed by atoms with Gasteiger partial charge in [-0.2, -0.15) is 0 Å². The molecule has 1 saturated heterocycles. The lowest BCUT2D eigenvalue weighted by atomic mass is 10.1. The minimum absolute atomic E-state index is 0.237. The number of nitrogens with zero attached hydrogens (tertiary/aromatic N) is 2. The van der Waals surface area contributed by atoms with E-state index in [1.165, 1.54) is 11.1 Å². The lowest BCUT2D eigenvalue weighted by molar-refractivity contribution is -0.119. The first-order valence-corrected chi connectivity index (χ1v) is 7.09. The third-order valence-electron chi connectivity index (χ3n) is 3.53. The Morgan fingerprint density at radius 3 is 2.20 bits per heavy atom. The molecule has 1 heterocycles. The Balaban J connectivity index is 1.80. The molecule has 0 saturated carbocycles. The number of hydrogen-bond donors (Lipinski definition) is 1. The van der Waals surface area contributed by atoms with Crippen molar-refractivity contribution in [3.8, 4) is 0 Å². The zero-order valence-electron chi connectivity index (χ0n) is 12.1. The number of piperazine rings is 1. The molecule has 0 atom stereocenters. The minimum atomic E-state index is -0.237. The minimum Gasteiger partial charge on any atom is -0.369 e. The van der Waals surface area contributed by atoms with Crippen LogP contribution in [0.4, 0.5) is 0 Å². The summed E-state index contributed by atoms with van der Waals surface area (Å²) in [6.07, 6.45) is 2.23. The number of carbonyl (C=O) groups is 1. The maximum atomic E-state index is 10.9. The number of amides is 1. The highest BCUT2D eigenvalue weighted by Gasteiger charge is 2.17. The molecule has 4 heteroatoms. The van der Waals surface area contributed by atoms with E-state index < -0.39 is 0 Å². The van der Waals surface area contributed by atoms with Gasteiger partial charge in [0.25, 0.3) is 0 Å². The molecule has 4 nitrogen and oxygen atoms in total. The molecule has 0 radical (unpaired) electrons. The molecule has 2 N–H and O–H groups in total. The summed E-state index contributed by atoms with van der Waals surface area (Å²) >= 11 is 0. The topological polar surface area (TPSA) is 49.6 Å². The fourth-order valence-electron chi connectivity index (χ4n) is 2.56. The molecular weight excluding hydrogens is 250 g/mol. The first-order chi connectivity index (χ1) is 9.63. The average molecular weight is 273 g/mol. The van der Waals surface area contributed by atoms with E-state index in [0.717, 1.165) is 32.7 Å². The molecule has 0 unspecified atom stereocenters. The summed E-state index contributed by atoms with van der Waals surface area (Å²) in [6, 6.07) is 10.4. The van der Waals surface area contributed by atoms with Gasteiger partial charge in [0.2, 0.25) is 5.91 Å². The van der Waals surface area contributed by atoms with Crippen molar-refractivity contribution in [1.29, 1.82) is 0 Å². The molecule has 1 fully saturated rings. The largest absolute Gasteiger partial charge is 0.369 e. The second-order valence-corrected chi connectivity index (χ2v) is 5.42. The number of rotatable bonds is 5. The van der Waals surface area contributed by atoms with E-state index in [4.69, 9.17) is 5.73 Å². The fraction of sp³-hybridized carbons (Fsp3) is 0.438. The molecule has 1 aliphatic rings. The van der Waals surface area contributed by atoms with Gasteiger partial charge in [0.05, 0.1) is 6.54 Å². The third kappa shape index (κ3) is 4.79. The van der Waals surface area contributed by atoms with Crippen molar-refractivity contribution in [2.75, 3.05) is 39.3 Å². The standard InChI is InChI=1S/C16H23N3O/c1-14(11-15-5-3-2-4-6-15)12-18-7-9-19(10-8-18)13-16(17)20/h2-6,11H,7-10,12-13H2,1H3,(H2,17,20)/b14-11+. The summed E-state index contributed by atoms with van der Waals surface area (Å²) in [5.41, 5.74) is 7.83. The van der Waals surface area contributed by atoms with Crippen LogP contribution in [0.1, 0.15) is 12.5 Å². The Morgan fingerprint density at radius 2 is 1.65 bits per heavy atom. The smallest absolute Gasteiger partial charge is 0.231 e. The average Bonchev–Trinajstić information content (AvgIpc) is 2.41. The van der Waals surface area contributed by atoms with Crippen molar-refractivity contribution in [1.82, 2.24) is 9.80 Å². The number of nitrogens with two attached hydrogens (primary N) is 1. The van der Waals surface area contributed by atoms with Gasteiger partial charge < -0.3 is 5.73 Å². The molecule has 0 spiro atoms. The molecule has 0 aromatic heterocycles. The van der Waals surface area contributed by atoms with Crippen LogP contribution in [-0.2, 0) is 4.79 Å². The molecule has 20 heavy (non-hydrogen) atoms. The van der Waals surface area contributed by atoms with Crippen molar-refractivity contribution in [3.05, 3.63) is 41.5 Å². The van der Waals surface area contributed by atoms with Crippen LogP contribution >= 0.6 is 0 Å². The SMILES string of the molecule is C/C(=C\c1ccccc1)CN1CCN(CC(N)=O)CC1. The summed E-state index contributed by atoms with van der Waals surface area (Å²) in [5, 5.41) is 0. The van der Waals surface area contributed by atoms with Gasteiger partial charge in [0.15, 0.2) is 0 Å². The van der Waals surface area contributed by atoms with Crippen LogP contribution in [0.2, 0.25) is 0 Å². The summed E-state index contributed by atoms with van der Waals surface area (Å²) in [6.45, 7) is 7.36. The van der Waals surface area contributed by atoms with Crippen molar-refractivity contribution in [2.24, 2.45) is 5.73 Å². The zero-order valence-corrected chi connectivity index (χ0v) is 12.1. The summed E-state index contributed by atoms with van der Waals surface area (Å²) in [5.74, 6) is -0.237. The monoisotopic (exact) mass is 273 g/mol. The van der Waals surface area contributed by atoms with E-state index in [0.29, 0.717) is 6.54 Å². The molecule has 2 rings (SSSR count). The Kier molecular flexibility index (Phi) is 5.32. The van der Waals surface area contributed by atoms with E-state index in [2.05, 4.69) is 47.1 Å². The Bertz CT molecular complexity index is 462. The van der Waals surface area contributed by atoms with Crippen LogP contribution in [0.15, 0.2) is 35.9 Å². The fourth-order valence-corrected chi connectivity index (χ4v) is 2.56. The second kappa shape index (κ2) is 7.22. The van der Waals surface area contributed by atoms with Crippen molar-refractivity contribution >= 4 is 12.0 Å². The number of carbonyl (C=O) groups excluding carboxylic acids is 1. The van der Waals surface area contributed by atoms with E-state index in [9.17, 15) is 4.79 Å². The van der Waals surface area contributed by atoms with Gasteiger partial charge in [-0.05, 0) is 12.5 Å². The molecule has 0 aliphatic carbocycles. The van der Waals surface area contributed by atoms with E-state index >= 15 is 0 Å². The highest BCUT2D eigenvalue weighted by Crippen LogP contribution is 2.09. The zero-order chi connectivity index (χ0) is 14.4. The van der Waals surface area contributed by atoms with Crippen LogP contribution in [-0.4, -0.2) is 55.0 Å². The van der Waals surface area contributed by atoms with Gasteiger partial charge in [0, 0.05) is 32.7 Å².